The molecule has 0 N–H and O–H groups in total. The molecule has 1 aliphatic rings. The van der Waals surface area contributed by atoms with Gasteiger partial charge in [-0.2, -0.15) is 0 Å². The van der Waals surface area contributed by atoms with Crippen molar-refractivity contribution in [3.8, 4) is 0 Å². The molecule has 4 nitrogen and oxygen atoms in total. The van der Waals surface area contributed by atoms with Crippen LogP contribution in [-0.4, -0.2) is 32.2 Å². The van der Waals surface area contributed by atoms with E-state index in [1.165, 1.54) is 14.2 Å². The molecule has 1 heterocycles. The van der Waals surface area contributed by atoms with Crippen LogP contribution in [0.3, 0.4) is 0 Å². The van der Waals surface area contributed by atoms with E-state index >= 15 is 0 Å². The minimum absolute atomic E-state index is 0.359. The van der Waals surface area contributed by atoms with Gasteiger partial charge in [0.2, 0.25) is 0 Å². The van der Waals surface area contributed by atoms with Gasteiger partial charge in [-0.15, -0.1) is 0 Å². The maximum absolute atomic E-state index is 12.8. The third-order valence-electron chi connectivity index (χ3n) is 3.46. The van der Waals surface area contributed by atoms with E-state index in [1.807, 2.05) is 12.1 Å². The van der Waals surface area contributed by atoms with Crippen LogP contribution in [0, 0.1) is 0 Å². The number of halogens is 1. The SMILES string of the molecule is COP(=O)(OC)C(c1ccc(Cl)cc1)N1CCCC1. The Bertz CT molecular complexity index is 451. The van der Waals surface area contributed by atoms with Crippen LogP contribution in [0.15, 0.2) is 24.3 Å². The molecular weight excluding hydrogens is 285 g/mol. The van der Waals surface area contributed by atoms with Crippen LogP contribution in [0.4, 0.5) is 0 Å². The molecular formula is C13H19ClNO3P. The molecule has 2 rings (SSSR count). The molecule has 0 aromatic heterocycles. The summed E-state index contributed by atoms with van der Waals surface area (Å²) in [5, 5.41) is 0.661. The first-order valence-electron chi connectivity index (χ1n) is 6.31. The lowest BCUT2D eigenvalue weighted by Gasteiger charge is -2.32. The van der Waals surface area contributed by atoms with Crippen LogP contribution in [0.25, 0.3) is 0 Å². The van der Waals surface area contributed by atoms with Gasteiger partial charge in [0.25, 0.3) is 0 Å². The predicted molar refractivity (Wildman–Crippen MR) is 76.6 cm³/mol. The summed E-state index contributed by atoms with van der Waals surface area (Å²) >= 11 is 5.91. The van der Waals surface area contributed by atoms with Crippen molar-refractivity contribution in [2.75, 3.05) is 27.3 Å². The van der Waals surface area contributed by atoms with Crippen LogP contribution >= 0.6 is 19.2 Å². The summed E-state index contributed by atoms with van der Waals surface area (Å²) in [7, 11) is -0.327. The molecule has 1 atom stereocenters. The van der Waals surface area contributed by atoms with Crippen molar-refractivity contribution < 1.29 is 13.6 Å². The molecule has 1 aromatic rings. The highest BCUT2D eigenvalue weighted by Crippen LogP contribution is 2.61. The van der Waals surface area contributed by atoms with Gasteiger partial charge in [-0.25, -0.2) is 0 Å². The van der Waals surface area contributed by atoms with Gasteiger partial charge in [0.05, 0.1) is 0 Å². The van der Waals surface area contributed by atoms with E-state index in [1.54, 1.807) is 12.1 Å². The molecule has 1 aliphatic heterocycles. The Balaban J connectivity index is 2.38. The fourth-order valence-corrected chi connectivity index (χ4v) is 4.33. The van der Waals surface area contributed by atoms with Gasteiger partial charge in [0.15, 0.2) is 0 Å². The molecule has 19 heavy (non-hydrogen) atoms. The first kappa shape index (κ1) is 15.0. The number of rotatable bonds is 5. The maximum atomic E-state index is 12.8. The molecule has 0 spiro atoms. The lowest BCUT2D eigenvalue weighted by atomic mass is 10.2. The van der Waals surface area contributed by atoms with Crippen molar-refractivity contribution in [1.82, 2.24) is 4.90 Å². The summed E-state index contributed by atoms with van der Waals surface area (Å²) < 4.78 is 23.2. The first-order valence-corrected chi connectivity index (χ1v) is 8.30. The Labute approximate surface area is 119 Å². The molecule has 1 saturated heterocycles. The van der Waals surface area contributed by atoms with Crippen molar-refractivity contribution in [2.45, 2.75) is 18.6 Å². The molecule has 0 bridgehead atoms. The number of hydrogen-bond donors (Lipinski definition) is 0. The van der Waals surface area contributed by atoms with Crippen molar-refractivity contribution in [3.63, 3.8) is 0 Å². The quantitative estimate of drug-likeness (QED) is 0.773. The van der Waals surface area contributed by atoms with Crippen molar-refractivity contribution in [1.29, 1.82) is 0 Å². The van der Waals surface area contributed by atoms with E-state index in [4.69, 9.17) is 20.6 Å². The summed E-state index contributed by atoms with van der Waals surface area (Å²) in [6.45, 7) is 1.81. The zero-order valence-corrected chi connectivity index (χ0v) is 12.9. The smallest absolute Gasteiger partial charge is 0.311 e. The highest BCUT2D eigenvalue weighted by Gasteiger charge is 2.40. The largest absolute Gasteiger partial charge is 0.351 e. The van der Waals surface area contributed by atoms with Gasteiger partial charge in [-0.1, -0.05) is 23.7 Å². The van der Waals surface area contributed by atoms with E-state index < -0.39 is 7.60 Å². The summed E-state index contributed by atoms with van der Waals surface area (Å²) in [4.78, 5) is 2.16. The van der Waals surface area contributed by atoms with Gasteiger partial charge in [-0.3, -0.25) is 9.46 Å². The summed E-state index contributed by atoms with van der Waals surface area (Å²) in [5.74, 6) is -0.359. The van der Waals surface area contributed by atoms with Crippen molar-refractivity contribution in [3.05, 3.63) is 34.9 Å². The minimum atomic E-state index is -3.19. The van der Waals surface area contributed by atoms with E-state index in [2.05, 4.69) is 4.90 Å². The Morgan fingerprint density at radius 3 is 2.16 bits per heavy atom. The Hall–Kier alpha value is -0.380. The third kappa shape index (κ3) is 3.21. The Kier molecular flexibility index (Phi) is 5.04. The molecule has 0 radical (unpaired) electrons. The highest BCUT2D eigenvalue weighted by atomic mass is 35.5. The highest BCUT2D eigenvalue weighted by molar-refractivity contribution is 7.54. The Morgan fingerprint density at radius 1 is 1.16 bits per heavy atom. The number of benzene rings is 1. The number of nitrogens with zero attached hydrogens (tertiary/aromatic N) is 1. The second-order valence-electron chi connectivity index (χ2n) is 4.57. The standard InChI is InChI=1S/C13H19ClNO3P/c1-17-19(16,18-2)13(15-9-3-4-10-15)11-5-7-12(14)8-6-11/h5-8,13H,3-4,9-10H2,1-2H3. The van der Waals surface area contributed by atoms with E-state index in [-0.39, 0.29) is 5.78 Å². The maximum Gasteiger partial charge on any atom is 0.351 e. The van der Waals surface area contributed by atoms with Crippen LogP contribution in [0.1, 0.15) is 24.2 Å². The minimum Gasteiger partial charge on any atom is -0.311 e. The van der Waals surface area contributed by atoms with Gasteiger partial charge in [0.1, 0.15) is 5.78 Å². The third-order valence-corrected chi connectivity index (χ3v) is 5.96. The normalized spacial score (nSPS) is 18.7. The molecule has 106 valence electrons. The van der Waals surface area contributed by atoms with Crippen LogP contribution < -0.4 is 0 Å². The van der Waals surface area contributed by atoms with E-state index in [0.717, 1.165) is 31.5 Å². The lowest BCUT2D eigenvalue weighted by molar-refractivity contribution is 0.211. The first-order chi connectivity index (χ1) is 9.10. The molecule has 6 heteroatoms. The average Bonchev–Trinajstić information content (AvgIpc) is 2.94. The second-order valence-corrected chi connectivity index (χ2v) is 7.31. The zero-order valence-electron chi connectivity index (χ0n) is 11.2. The molecule has 0 amide bonds. The number of hydrogen-bond acceptors (Lipinski definition) is 4. The topological polar surface area (TPSA) is 38.8 Å². The molecule has 1 unspecified atom stereocenters. The fraction of sp³-hybridized carbons (Fsp3) is 0.538. The van der Waals surface area contributed by atoms with Gasteiger partial charge in [-0.05, 0) is 43.6 Å². The zero-order chi connectivity index (χ0) is 13.9. The lowest BCUT2D eigenvalue weighted by Crippen LogP contribution is -2.26. The fourth-order valence-electron chi connectivity index (χ4n) is 2.49. The Morgan fingerprint density at radius 2 is 1.68 bits per heavy atom. The van der Waals surface area contributed by atoms with Crippen LogP contribution in [-0.2, 0) is 13.6 Å². The van der Waals surface area contributed by atoms with Crippen molar-refractivity contribution in [2.24, 2.45) is 0 Å². The molecule has 1 aromatic carbocycles. The van der Waals surface area contributed by atoms with Crippen LogP contribution in [0.5, 0.6) is 0 Å². The summed E-state index contributed by atoms with van der Waals surface area (Å²) in [6, 6.07) is 7.37. The molecule has 1 fully saturated rings. The molecule has 0 aliphatic carbocycles. The summed E-state index contributed by atoms with van der Waals surface area (Å²) in [5.41, 5.74) is 0.915. The molecule has 0 saturated carbocycles. The summed E-state index contributed by atoms with van der Waals surface area (Å²) in [6.07, 6.45) is 2.22. The van der Waals surface area contributed by atoms with E-state index in [0.29, 0.717) is 5.02 Å². The predicted octanol–water partition coefficient (Wildman–Crippen LogP) is 3.92. The second kappa shape index (κ2) is 6.38. The van der Waals surface area contributed by atoms with Crippen molar-refractivity contribution >= 4 is 19.2 Å². The van der Waals surface area contributed by atoms with Gasteiger partial charge in [0, 0.05) is 19.2 Å². The van der Waals surface area contributed by atoms with E-state index in [9.17, 15) is 4.57 Å². The number of likely N-dealkylation sites (tertiary alicyclic amines) is 1. The average molecular weight is 304 g/mol. The van der Waals surface area contributed by atoms with Crippen LogP contribution in [0.2, 0.25) is 5.02 Å². The van der Waals surface area contributed by atoms with Gasteiger partial charge >= 0.3 is 7.60 Å². The van der Waals surface area contributed by atoms with Gasteiger partial charge < -0.3 is 9.05 Å². The monoisotopic (exact) mass is 303 g/mol.